The Balaban J connectivity index is 1.55. The molecular weight excluding hydrogens is 405 g/mol. The highest BCUT2D eigenvalue weighted by molar-refractivity contribution is 5.91. The zero-order valence-electron chi connectivity index (χ0n) is 17.5. The van der Waals surface area contributed by atoms with Gasteiger partial charge in [-0.25, -0.2) is 0 Å². The average Bonchev–Trinajstić information content (AvgIpc) is 3.51. The predicted octanol–water partition coefficient (Wildman–Crippen LogP) is 5.99. The number of para-hydroxylation sites is 1. The van der Waals surface area contributed by atoms with Crippen molar-refractivity contribution in [1.82, 2.24) is 5.32 Å². The summed E-state index contributed by atoms with van der Waals surface area (Å²) in [6, 6.07) is 12.2. The maximum atomic E-state index is 13.1. The summed E-state index contributed by atoms with van der Waals surface area (Å²) in [5.41, 5.74) is 0.0604. The molecule has 7 heteroatoms. The van der Waals surface area contributed by atoms with Crippen LogP contribution in [0, 0.1) is 5.41 Å². The van der Waals surface area contributed by atoms with Crippen LogP contribution in [-0.2, 0) is 22.3 Å². The van der Waals surface area contributed by atoms with Crippen molar-refractivity contribution in [2.75, 3.05) is 5.32 Å². The smallest absolute Gasteiger partial charge is 0.355 e. The highest BCUT2D eigenvalue weighted by Gasteiger charge is 2.50. The topological polar surface area (TPSA) is 58.2 Å². The highest BCUT2D eigenvalue weighted by atomic mass is 19.4. The third-order valence-corrected chi connectivity index (χ3v) is 5.60. The lowest BCUT2D eigenvalue weighted by atomic mass is 9.96. The van der Waals surface area contributed by atoms with Crippen molar-refractivity contribution in [3.63, 3.8) is 0 Å². The van der Waals surface area contributed by atoms with Gasteiger partial charge in [0.05, 0.1) is 16.7 Å². The fourth-order valence-electron chi connectivity index (χ4n) is 3.55. The van der Waals surface area contributed by atoms with E-state index in [1.54, 1.807) is 30.3 Å². The molecule has 0 bridgehead atoms. The van der Waals surface area contributed by atoms with Gasteiger partial charge in [0.15, 0.2) is 0 Å². The van der Waals surface area contributed by atoms with Gasteiger partial charge in [-0.15, -0.1) is 0 Å². The van der Waals surface area contributed by atoms with Gasteiger partial charge in [-0.2, -0.15) is 13.2 Å². The Morgan fingerprint density at radius 2 is 1.71 bits per heavy atom. The largest absolute Gasteiger partial charge is 0.418 e. The second-order valence-corrected chi connectivity index (χ2v) is 8.15. The van der Waals surface area contributed by atoms with E-state index in [2.05, 4.69) is 10.6 Å². The molecule has 3 rings (SSSR count). The first-order valence-electron chi connectivity index (χ1n) is 10.6. The molecule has 0 aromatic heterocycles. The predicted molar refractivity (Wildman–Crippen MR) is 114 cm³/mol. The van der Waals surface area contributed by atoms with E-state index < -0.39 is 17.2 Å². The third kappa shape index (κ3) is 6.09. The van der Waals surface area contributed by atoms with Crippen LogP contribution in [0.4, 0.5) is 24.5 Å². The fourth-order valence-corrected chi connectivity index (χ4v) is 3.55. The first kappa shape index (κ1) is 22.8. The van der Waals surface area contributed by atoms with Crippen LogP contribution in [0.5, 0.6) is 0 Å². The average molecular weight is 432 g/mol. The van der Waals surface area contributed by atoms with Crippen LogP contribution in [0.3, 0.4) is 0 Å². The minimum Gasteiger partial charge on any atom is -0.355 e. The molecule has 0 radical (unpaired) electrons. The Kier molecular flexibility index (Phi) is 7.03. The van der Waals surface area contributed by atoms with E-state index in [0.29, 0.717) is 25.1 Å². The van der Waals surface area contributed by atoms with Crippen LogP contribution < -0.4 is 10.6 Å². The maximum Gasteiger partial charge on any atom is 0.418 e. The summed E-state index contributed by atoms with van der Waals surface area (Å²) in [6.45, 7) is 2.34. The summed E-state index contributed by atoms with van der Waals surface area (Å²) < 4.78 is 39.4. The van der Waals surface area contributed by atoms with Gasteiger partial charge in [0, 0.05) is 25.1 Å². The number of anilines is 2. The van der Waals surface area contributed by atoms with Gasteiger partial charge in [0.25, 0.3) is 0 Å². The van der Waals surface area contributed by atoms with Crippen LogP contribution >= 0.6 is 0 Å². The first-order valence-corrected chi connectivity index (χ1v) is 10.6. The van der Waals surface area contributed by atoms with Crippen molar-refractivity contribution < 1.29 is 22.8 Å². The number of halogens is 3. The second-order valence-electron chi connectivity index (χ2n) is 8.15. The molecule has 1 saturated carbocycles. The number of hydrogen-bond acceptors (Lipinski definition) is 3. The number of Topliss-reactive ketones (excluding diaryl/α,β-unsaturated/α-hetero) is 1. The van der Waals surface area contributed by atoms with Gasteiger partial charge in [-0.3, -0.25) is 9.59 Å². The van der Waals surface area contributed by atoms with Crippen LogP contribution in [0.2, 0.25) is 0 Å². The number of unbranched alkanes of at least 4 members (excludes halogenated alkanes) is 1. The Morgan fingerprint density at radius 1 is 1.03 bits per heavy atom. The van der Waals surface area contributed by atoms with Gasteiger partial charge in [0.2, 0.25) is 5.91 Å². The molecule has 166 valence electrons. The van der Waals surface area contributed by atoms with Crippen molar-refractivity contribution in [3.05, 3.63) is 59.7 Å². The monoisotopic (exact) mass is 432 g/mol. The second kappa shape index (κ2) is 9.54. The molecule has 2 aromatic rings. The van der Waals surface area contributed by atoms with Gasteiger partial charge >= 0.3 is 6.18 Å². The molecule has 1 aliphatic rings. The van der Waals surface area contributed by atoms with E-state index in [1.165, 1.54) is 12.1 Å². The Bertz CT molecular complexity index is 919. The van der Waals surface area contributed by atoms with E-state index >= 15 is 0 Å². The van der Waals surface area contributed by atoms with Crippen molar-refractivity contribution in [1.29, 1.82) is 0 Å². The molecule has 1 amide bonds. The number of rotatable bonds is 10. The molecule has 0 saturated heterocycles. The molecule has 0 heterocycles. The van der Waals surface area contributed by atoms with Crippen LogP contribution in [0.15, 0.2) is 48.5 Å². The molecule has 2 N–H and O–H groups in total. The molecule has 0 spiro atoms. The van der Waals surface area contributed by atoms with Crippen molar-refractivity contribution >= 4 is 23.1 Å². The number of alkyl halides is 3. The van der Waals surface area contributed by atoms with Crippen molar-refractivity contribution in [3.8, 4) is 0 Å². The number of hydrogen-bond donors (Lipinski definition) is 2. The van der Waals surface area contributed by atoms with E-state index in [4.69, 9.17) is 0 Å². The maximum absolute atomic E-state index is 13.1. The number of benzene rings is 2. The molecule has 1 fully saturated rings. The van der Waals surface area contributed by atoms with Gasteiger partial charge in [-0.05, 0) is 49.1 Å². The van der Waals surface area contributed by atoms with Crippen LogP contribution in [-0.4, -0.2) is 11.7 Å². The van der Waals surface area contributed by atoms with Crippen LogP contribution in [0.1, 0.15) is 56.6 Å². The van der Waals surface area contributed by atoms with Gasteiger partial charge in [-0.1, -0.05) is 37.6 Å². The number of amides is 1. The number of ketones is 1. The Morgan fingerprint density at radius 3 is 2.32 bits per heavy atom. The van der Waals surface area contributed by atoms with E-state index in [1.807, 2.05) is 6.92 Å². The molecule has 0 unspecified atom stereocenters. The first-order chi connectivity index (χ1) is 14.7. The molecule has 0 atom stereocenters. The molecule has 2 aromatic carbocycles. The van der Waals surface area contributed by atoms with Crippen molar-refractivity contribution in [2.45, 2.75) is 58.2 Å². The van der Waals surface area contributed by atoms with E-state index in [9.17, 15) is 22.8 Å². The summed E-state index contributed by atoms with van der Waals surface area (Å²) in [4.78, 5) is 24.6. The lowest BCUT2D eigenvalue weighted by molar-refractivity contribution is -0.137. The van der Waals surface area contributed by atoms with E-state index in [0.717, 1.165) is 37.3 Å². The van der Waals surface area contributed by atoms with E-state index in [-0.39, 0.29) is 17.4 Å². The third-order valence-electron chi connectivity index (χ3n) is 5.60. The standard InChI is InChI=1S/C24H27F3N2O2/c1-2-3-6-19(30)15-23(13-14-23)22(31)28-16-17-9-11-18(12-10-17)29-21-8-5-4-7-20(21)24(25,26)27/h4-5,7-12,29H,2-3,6,13-16H2,1H3,(H,28,31). The Hall–Kier alpha value is -2.83. The zero-order valence-corrected chi connectivity index (χ0v) is 17.5. The number of carbonyl (C=O) groups is 2. The molecule has 1 aliphatic carbocycles. The summed E-state index contributed by atoms with van der Waals surface area (Å²) in [6.07, 6.45) is -0.333. The summed E-state index contributed by atoms with van der Waals surface area (Å²) in [5.74, 6) is 0.0442. The summed E-state index contributed by atoms with van der Waals surface area (Å²) >= 11 is 0. The molecule has 4 nitrogen and oxygen atoms in total. The molecular formula is C24H27F3N2O2. The molecule has 31 heavy (non-hydrogen) atoms. The number of carbonyl (C=O) groups excluding carboxylic acids is 2. The quantitative estimate of drug-likeness (QED) is 0.484. The lowest BCUT2D eigenvalue weighted by Crippen LogP contribution is -2.33. The fraction of sp³-hybridized carbons (Fsp3) is 0.417. The summed E-state index contributed by atoms with van der Waals surface area (Å²) in [7, 11) is 0. The lowest BCUT2D eigenvalue weighted by Gasteiger charge is -2.16. The normalized spacial score (nSPS) is 14.7. The van der Waals surface area contributed by atoms with Crippen molar-refractivity contribution in [2.24, 2.45) is 5.41 Å². The SMILES string of the molecule is CCCCC(=O)CC1(C(=O)NCc2ccc(Nc3ccccc3C(F)(F)F)cc2)CC1. The minimum absolute atomic E-state index is 0.0144. The van der Waals surface area contributed by atoms with Gasteiger partial charge < -0.3 is 10.6 Å². The molecule has 0 aliphatic heterocycles. The minimum atomic E-state index is -4.44. The van der Waals surface area contributed by atoms with Gasteiger partial charge in [0.1, 0.15) is 5.78 Å². The highest BCUT2D eigenvalue weighted by Crippen LogP contribution is 2.49. The zero-order chi connectivity index (χ0) is 22.5. The van der Waals surface area contributed by atoms with Crippen LogP contribution in [0.25, 0.3) is 0 Å². The Labute approximate surface area is 180 Å². The number of nitrogens with one attached hydrogen (secondary N) is 2. The summed E-state index contributed by atoms with van der Waals surface area (Å²) in [5, 5.41) is 5.70.